The maximum atomic E-state index is 13.4. The summed E-state index contributed by atoms with van der Waals surface area (Å²) in [5, 5.41) is 8.85. The predicted molar refractivity (Wildman–Crippen MR) is 55.4 cm³/mol. The highest BCUT2D eigenvalue weighted by Gasteiger charge is 2.12. The third-order valence-electron chi connectivity index (χ3n) is 2.58. The van der Waals surface area contributed by atoms with Gasteiger partial charge in [-0.25, -0.2) is 4.39 Å². The second kappa shape index (κ2) is 4.59. The van der Waals surface area contributed by atoms with Crippen molar-refractivity contribution in [2.75, 3.05) is 31.2 Å². The van der Waals surface area contributed by atoms with Crippen molar-refractivity contribution in [2.24, 2.45) is 0 Å². The number of hydrogen-bond donors (Lipinski definition) is 1. The van der Waals surface area contributed by atoms with Crippen LogP contribution in [0.4, 0.5) is 10.1 Å². The number of benzene rings is 1. The lowest BCUT2D eigenvalue weighted by Crippen LogP contribution is -2.36. The first kappa shape index (κ1) is 10.4. The van der Waals surface area contributed by atoms with Crippen molar-refractivity contribution < 1.29 is 14.2 Å². The lowest BCUT2D eigenvalue weighted by Gasteiger charge is -2.29. The molecule has 1 aromatic rings. The van der Waals surface area contributed by atoms with Crippen molar-refractivity contribution >= 4 is 5.69 Å². The Morgan fingerprint density at radius 1 is 1.33 bits per heavy atom. The molecule has 4 heteroatoms. The number of aliphatic hydroxyl groups excluding tert-OH is 1. The highest BCUT2D eigenvalue weighted by atomic mass is 19.1. The van der Waals surface area contributed by atoms with Crippen molar-refractivity contribution in [3.63, 3.8) is 0 Å². The van der Waals surface area contributed by atoms with E-state index in [1.165, 1.54) is 6.07 Å². The second-order valence-electron chi connectivity index (χ2n) is 3.53. The van der Waals surface area contributed by atoms with E-state index in [2.05, 4.69) is 4.90 Å². The van der Waals surface area contributed by atoms with Gasteiger partial charge in [0.05, 0.1) is 19.8 Å². The molecule has 1 fully saturated rings. The zero-order chi connectivity index (χ0) is 10.7. The van der Waals surface area contributed by atoms with Crippen LogP contribution in [-0.2, 0) is 11.3 Å². The molecule has 0 atom stereocenters. The molecule has 1 heterocycles. The van der Waals surface area contributed by atoms with Crippen molar-refractivity contribution in [2.45, 2.75) is 6.61 Å². The third kappa shape index (κ3) is 2.27. The number of nitrogens with zero attached hydrogens (tertiary/aromatic N) is 1. The van der Waals surface area contributed by atoms with E-state index in [9.17, 15) is 4.39 Å². The highest BCUT2D eigenvalue weighted by molar-refractivity contribution is 5.48. The first-order chi connectivity index (χ1) is 7.31. The number of halogens is 1. The molecule has 2 rings (SSSR count). The zero-order valence-electron chi connectivity index (χ0n) is 8.45. The van der Waals surface area contributed by atoms with Gasteiger partial charge in [-0.05, 0) is 12.1 Å². The molecule has 0 bridgehead atoms. The van der Waals surface area contributed by atoms with Gasteiger partial charge >= 0.3 is 0 Å². The van der Waals surface area contributed by atoms with E-state index in [1.54, 1.807) is 6.07 Å². The molecular weight excluding hydrogens is 197 g/mol. The molecule has 1 aliphatic heterocycles. The standard InChI is InChI=1S/C11H14FNO2/c12-11-7-10(2-1-9(11)8-14)13-3-5-15-6-4-13/h1-2,7,14H,3-6,8H2. The molecule has 15 heavy (non-hydrogen) atoms. The van der Waals surface area contributed by atoms with E-state index >= 15 is 0 Å². The van der Waals surface area contributed by atoms with E-state index in [1.807, 2.05) is 6.07 Å². The molecule has 0 spiro atoms. The van der Waals surface area contributed by atoms with Crippen LogP contribution in [0.2, 0.25) is 0 Å². The summed E-state index contributed by atoms with van der Waals surface area (Å²) in [6.07, 6.45) is 0. The average molecular weight is 211 g/mol. The maximum absolute atomic E-state index is 13.4. The summed E-state index contributed by atoms with van der Waals surface area (Å²) in [6.45, 7) is 2.69. The van der Waals surface area contributed by atoms with E-state index in [4.69, 9.17) is 9.84 Å². The van der Waals surface area contributed by atoms with Crippen LogP contribution in [0.1, 0.15) is 5.56 Å². The monoisotopic (exact) mass is 211 g/mol. The molecule has 1 N–H and O–H groups in total. The van der Waals surface area contributed by atoms with Gasteiger partial charge in [0.1, 0.15) is 5.82 Å². The molecular formula is C11H14FNO2. The van der Waals surface area contributed by atoms with E-state index in [0.717, 1.165) is 18.8 Å². The smallest absolute Gasteiger partial charge is 0.130 e. The Morgan fingerprint density at radius 2 is 2.07 bits per heavy atom. The molecule has 0 radical (unpaired) electrons. The average Bonchev–Trinajstić information content (AvgIpc) is 2.30. The molecule has 1 saturated heterocycles. The topological polar surface area (TPSA) is 32.7 Å². The van der Waals surface area contributed by atoms with Gasteiger partial charge in [0, 0.05) is 24.3 Å². The first-order valence-corrected chi connectivity index (χ1v) is 5.03. The maximum Gasteiger partial charge on any atom is 0.130 e. The largest absolute Gasteiger partial charge is 0.392 e. The van der Waals surface area contributed by atoms with E-state index < -0.39 is 0 Å². The third-order valence-corrected chi connectivity index (χ3v) is 2.58. The number of hydrogen-bond acceptors (Lipinski definition) is 3. The fourth-order valence-electron chi connectivity index (χ4n) is 1.68. The number of ether oxygens (including phenoxy) is 1. The van der Waals surface area contributed by atoms with Gasteiger partial charge in [-0.2, -0.15) is 0 Å². The minimum atomic E-state index is -0.346. The predicted octanol–water partition coefficient (Wildman–Crippen LogP) is 1.15. The minimum Gasteiger partial charge on any atom is -0.392 e. The summed E-state index contributed by atoms with van der Waals surface area (Å²) in [6, 6.07) is 4.93. The van der Waals surface area contributed by atoms with Crippen molar-refractivity contribution in [1.82, 2.24) is 0 Å². The number of morpholine rings is 1. The van der Waals surface area contributed by atoms with Crippen LogP contribution >= 0.6 is 0 Å². The van der Waals surface area contributed by atoms with Crippen molar-refractivity contribution in [3.8, 4) is 0 Å². The minimum absolute atomic E-state index is 0.255. The molecule has 0 amide bonds. The summed E-state index contributed by atoms with van der Waals surface area (Å²) in [7, 11) is 0. The summed E-state index contributed by atoms with van der Waals surface area (Å²) in [4.78, 5) is 2.08. The van der Waals surface area contributed by atoms with Gasteiger partial charge in [-0.15, -0.1) is 0 Å². The highest BCUT2D eigenvalue weighted by Crippen LogP contribution is 2.19. The van der Waals surface area contributed by atoms with Crippen LogP contribution in [0.25, 0.3) is 0 Å². The van der Waals surface area contributed by atoms with Crippen LogP contribution in [0, 0.1) is 5.82 Å². The Kier molecular flexibility index (Phi) is 3.18. The molecule has 1 aromatic carbocycles. The van der Waals surface area contributed by atoms with Crippen LogP contribution in [0.15, 0.2) is 18.2 Å². The molecule has 0 saturated carbocycles. The molecule has 0 aliphatic carbocycles. The first-order valence-electron chi connectivity index (χ1n) is 5.03. The molecule has 82 valence electrons. The van der Waals surface area contributed by atoms with Gasteiger partial charge in [-0.3, -0.25) is 0 Å². The van der Waals surface area contributed by atoms with Crippen LogP contribution in [0.5, 0.6) is 0 Å². The van der Waals surface area contributed by atoms with Crippen LogP contribution in [-0.4, -0.2) is 31.4 Å². The zero-order valence-corrected chi connectivity index (χ0v) is 8.45. The van der Waals surface area contributed by atoms with E-state index in [-0.39, 0.29) is 12.4 Å². The molecule has 0 unspecified atom stereocenters. The number of rotatable bonds is 2. The Labute approximate surface area is 88.1 Å². The Morgan fingerprint density at radius 3 is 2.67 bits per heavy atom. The summed E-state index contributed by atoms with van der Waals surface area (Å²) in [5.41, 5.74) is 1.19. The molecule has 0 aromatic heterocycles. The number of aliphatic hydroxyl groups is 1. The summed E-state index contributed by atoms with van der Waals surface area (Å²) >= 11 is 0. The van der Waals surface area contributed by atoms with E-state index in [0.29, 0.717) is 18.8 Å². The van der Waals surface area contributed by atoms with Gasteiger partial charge in [0.15, 0.2) is 0 Å². The quantitative estimate of drug-likeness (QED) is 0.796. The Hall–Kier alpha value is -1.13. The lowest BCUT2D eigenvalue weighted by molar-refractivity contribution is 0.122. The fourth-order valence-corrected chi connectivity index (χ4v) is 1.68. The number of anilines is 1. The van der Waals surface area contributed by atoms with Gasteiger partial charge in [-0.1, -0.05) is 6.07 Å². The van der Waals surface area contributed by atoms with Gasteiger partial charge in [0.25, 0.3) is 0 Å². The lowest BCUT2D eigenvalue weighted by atomic mass is 10.2. The summed E-state index contributed by atoms with van der Waals surface area (Å²) in [5.74, 6) is -0.346. The van der Waals surface area contributed by atoms with Crippen LogP contribution in [0.3, 0.4) is 0 Å². The summed E-state index contributed by atoms with van der Waals surface area (Å²) < 4.78 is 18.6. The van der Waals surface area contributed by atoms with Crippen molar-refractivity contribution in [3.05, 3.63) is 29.6 Å². The van der Waals surface area contributed by atoms with Gasteiger partial charge in [0.2, 0.25) is 0 Å². The fraction of sp³-hybridized carbons (Fsp3) is 0.455. The Balaban J connectivity index is 2.17. The molecule has 3 nitrogen and oxygen atoms in total. The second-order valence-corrected chi connectivity index (χ2v) is 3.53. The Bertz CT molecular complexity index is 337. The van der Waals surface area contributed by atoms with Gasteiger partial charge < -0.3 is 14.7 Å². The van der Waals surface area contributed by atoms with Crippen molar-refractivity contribution in [1.29, 1.82) is 0 Å². The van der Waals surface area contributed by atoms with Crippen LogP contribution < -0.4 is 4.90 Å². The normalized spacial score (nSPS) is 16.8. The molecule has 1 aliphatic rings. The SMILES string of the molecule is OCc1ccc(N2CCOCC2)cc1F.